The first-order chi connectivity index (χ1) is 6.95. The van der Waals surface area contributed by atoms with E-state index in [0.717, 1.165) is 33.4 Å². The summed E-state index contributed by atoms with van der Waals surface area (Å²) >= 11 is 0. The molecule has 0 saturated carbocycles. The quantitative estimate of drug-likeness (QED) is 0.716. The molecule has 3 nitrogen and oxygen atoms in total. The van der Waals surface area contributed by atoms with Crippen LogP contribution in [0.2, 0.25) is 0 Å². The molecule has 2 aromatic rings. The summed E-state index contributed by atoms with van der Waals surface area (Å²) in [6, 6.07) is 0. The van der Waals surface area contributed by atoms with Crippen LogP contribution in [0.1, 0.15) is 22.5 Å². The van der Waals surface area contributed by atoms with Crippen molar-refractivity contribution in [2.24, 2.45) is 7.05 Å². The second-order valence-corrected chi connectivity index (χ2v) is 4.14. The number of fused-ring (bicyclic) bond motifs is 1. The number of hydrogen-bond donors (Lipinski definition) is 1. The fourth-order valence-corrected chi connectivity index (χ4v) is 2.27. The molecule has 2 rings (SSSR count). The van der Waals surface area contributed by atoms with Gasteiger partial charge in [0.2, 0.25) is 0 Å². The van der Waals surface area contributed by atoms with Crippen LogP contribution in [0.25, 0.3) is 10.9 Å². The summed E-state index contributed by atoms with van der Waals surface area (Å²) < 4.78 is 1.80. The van der Waals surface area contributed by atoms with Gasteiger partial charge in [-0.25, -0.2) is 0 Å². The van der Waals surface area contributed by atoms with Gasteiger partial charge in [0.05, 0.1) is 11.2 Å². The summed E-state index contributed by atoms with van der Waals surface area (Å²) in [4.78, 5) is 4.48. The second kappa shape index (κ2) is 2.99. The molecule has 15 heavy (non-hydrogen) atoms. The molecule has 0 radical (unpaired) electrons. The van der Waals surface area contributed by atoms with E-state index < -0.39 is 0 Å². The van der Waals surface area contributed by atoms with Crippen LogP contribution in [0.4, 0.5) is 0 Å². The van der Waals surface area contributed by atoms with Crippen molar-refractivity contribution in [3.05, 3.63) is 22.5 Å². The van der Waals surface area contributed by atoms with Crippen LogP contribution in [0.5, 0.6) is 5.88 Å². The van der Waals surface area contributed by atoms with E-state index in [1.807, 2.05) is 27.8 Å². The van der Waals surface area contributed by atoms with Crippen molar-refractivity contribution in [1.82, 2.24) is 9.55 Å². The zero-order valence-corrected chi connectivity index (χ0v) is 9.84. The lowest BCUT2D eigenvalue weighted by molar-refractivity contribution is 0.431. The lowest BCUT2D eigenvalue weighted by atomic mass is 10.1. The van der Waals surface area contributed by atoms with E-state index in [1.165, 1.54) is 0 Å². The van der Waals surface area contributed by atoms with E-state index in [2.05, 4.69) is 11.9 Å². The molecule has 0 aliphatic heterocycles. The first kappa shape index (κ1) is 10.0. The van der Waals surface area contributed by atoms with E-state index in [4.69, 9.17) is 0 Å². The van der Waals surface area contributed by atoms with E-state index in [-0.39, 0.29) is 0 Å². The van der Waals surface area contributed by atoms with Crippen molar-refractivity contribution in [3.8, 4) is 5.88 Å². The molecule has 0 aliphatic rings. The largest absolute Gasteiger partial charge is 0.494 e. The Morgan fingerprint density at radius 1 is 1.00 bits per heavy atom. The number of hydrogen-bond acceptors (Lipinski definition) is 2. The zero-order valence-electron chi connectivity index (χ0n) is 9.84. The Hall–Kier alpha value is -1.51. The molecule has 0 unspecified atom stereocenters. The minimum absolute atomic E-state index is 0.337. The first-order valence-corrected chi connectivity index (χ1v) is 5.07. The number of pyridine rings is 1. The molecule has 0 bridgehead atoms. The van der Waals surface area contributed by atoms with Gasteiger partial charge in [0, 0.05) is 23.7 Å². The molecule has 0 aliphatic carbocycles. The molecular weight excluding hydrogens is 188 g/mol. The third-order valence-corrected chi connectivity index (χ3v) is 3.20. The van der Waals surface area contributed by atoms with E-state index in [1.54, 1.807) is 4.57 Å². The molecule has 0 aromatic carbocycles. The number of aromatic hydroxyl groups is 1. The zero-order chi connectivity index (χ0) is 11.3. The third-order valence-electron chi connectivity index (χ3n) is 3.20. The number of nitrogens with zero attached hydrogens (tertiary/aromatic N) is 2. The van der Waals surface area contributed by atoms with Crippen LogP contribution in [-0.4, -0.2) is 14.7 Å². The summed E-state index contributed by atoms with van der Waals surface area (Å²) in [6.45, 7) is 7.99. The maximum atomic E-state index is 9.91. The van der Waals surface area contributed by atoms with Gasteiger partial charge in [-0.1, -0.05) is 0 Å². The van der Waals surface area contributed by atoms with Gasteiger partial charge < -0.3 is 9.67 Å². The highest BCUT2D eigenvalue weighted by molar-refractivity contribution is 5.91. The van der Waals surface area contributed by atoms with Crippen molar-refractivity contribution < 1.29 is 5.11 Å². The fourth-order valence-electron chi connectivity index (χ4n) is 2.27. The van der Waals surface area contributed by atoms with Crippen molar-refractivity contribution in [2.45, 2.75) is 27.7 Å². The number of rotatable bonds is 0. The maximum Gasteiger partial charge on any atom is 0.194 e. The Morgan fingerprint density at radius 2 is 1.60 bits per heavy atom. The molecular formula is C12H16N2O. The number of aromatic nitrogens is 2. The molecule has 3 heteroatoms. The minimum Gasteiger partial charge on any atom is -0.494 e. The van der Waals surface area contributed by atoms with Crippen LogP contribution in [-0.2, 0) is 7.05 Å². The summed E-state index contributed by atoms with van der Waals surface area (Å²) in [5.41, 5.74) is 5.14. The SMILES string of the molecule is Cc1nc(C)c2c(c1C)c(C)c(O)n2C. The van der Waals surface area contributed by atoms with Crippen molar-refractivity contribution >= 4 is 10.9 Å². The standard InChI is InChI=1S/C12H16N2O/c1-6-8(3)13-9(4)11-10(6)7(2)12(15)14(11)5/h15H,1-5H3. The third kappa shape index (κ3) is 1.16. The van der Waals surface area contributed by atoms with Crippen LogP contribution in [0.3, 0.4) is 0 Å². The highest BCUT2D eigenvalue weighted by Crippen LogP contribution is 2.33. The van der Waals surface area contributed by atoms with Gasteiger partial charge in [0.15, 0.2) is 5.88 Å². The topological polar surface area (TPSA) is 38.1 Å². The molecule has 80 valence electrons. The van der Waals surface area contributed by atoms with Crippen LogP contribution in [0, 0.1) is 27.7 Å². The minimum atomic E-state index is 0.337. The van der Waals surface area contributed by atoms with E-state index in [0.29, 0.717) is 5.88 Å². The second-order valence-electron chi connectivity index (χ2n) is 4.14. The fraction of sp³-hybridized carbons (Fsp3) is 0.417. The Labute approximate surface area is 89.4 Å². The predicted octanol–water partition coefficient (Wildman–Crippen LogP) is 2.51. The molecule has 2 heterocycles. The smallest absolute Gasteiger partial charge is 0.194 e. The first-order valence-electron chi connectivity index (χ1n) is 5.07. The highest BCUT2D eigenvalue weighted by Gasteiger charge is 2.16. The molecule has 0 amide bonds. The Kier molecular flexibility index (Phi) is 2.00. The van der Waals surface area contributed by atoms with Gasteiger partial charge >= 0.3 is 0 Å². The van der Waals surface area contributed by atoms with Gasteiger partial charge in [0.1, 0.15) is 0 Å². The Morgan fingerprint density at radius 3 is 2.20 bits per heavy atom. The number of aryl methyl sites for hydroxylation is 5. The van der Waals surface area contributed by atoms with Gasteiger partial charge in [0.25, 0.3) is 0 Å². The van der Waals surface area contributed by atoms with Gasteiger partial charge in [-0.2, -0.15) is 0 Å². The summed E-state index contributed by atoms with van der Waals surface area (Å²) in [5, 5.41) is 11.0. The molecule has 0 fully saturated rings. The van der Waals surface area contributed by atoms with E-state index in [9.17, 15) is 5.11 Å². The molecule has 0 spiro atoms. The summed E-state index contributed by atoms with van der Waals surface area (Å²) in [6.07, 6.45) is 0. The van der Waals surface area contributed by atoms with E-state index >= 15 is 0 Å². The molecule has 0 saturated heterocycles. The van der Waals surface area contributed by atoms with Crippen LogP contribution < -0.4 is 0 Å². The van der Waals surface area contributed by atoms with Crippen LogP contribution in [0.15, 0.2) is 0 Å². The normalized spacial score (nSPS) is 11.3. The Balaban J connectivity index is 3.10. The maximum absolute atomic E-state index is 9.91. The Bertz CT molecular complexity index is 553. The lowest BCUT2D eigenvalue weighted by Gasteiger charge is -2.06. The predicted molar refractivity (Wildman–Crippen MR) is 61.3 cm³/mol. The highest BCUT2D eigenvalue weighted by atomic mass is 16.3. The van der Waals surface area contributed by atoms with Gasteiger partial charge in [-0.05, 0) is 33.3 Å². The van der Waals surface area contributed by atoms with Crippen molar-refractivity contribution in [2.75, 3.05) is 0 Å². The van der Waals surface area contributed by atoms with Crippen LogP contribution >= 0.6 is 0 Å². The van der Waals surface area contributed by atoms with Crippen molar-refractivity contribution in [1.29, 1.82) is 0 Å². The monoisotopic (exact) mass is 204 g/mol. The molecule has 2 aromatic heterocycles. The lowest BCUT2D eigenvalue weighted by Crippen LogP contribution is -1.96. The molecule has 0 atom stereocenters. The summed E-state index contributed by atoms with van der Waals surface area (Å²) in [5.74, 6) is 0.337. The van der Waals surface area contributed by atoms with Gasteiger partial charge in [-0.15, -0.1) is 0 Å². The summed E-state index contributed by atoms with van der Waals surface area (Å²) in [7, 11) is 1.87. The average Bonchev–Trinajstić information content (AvgIpc) is 2.40. The van der Waals surface area contributed by atoms with Crippen molar-refractivity contribution in [3.63, 3.8) is 0 Å². The average molecular weight is 204 g/mol. The van der Waals surface area contributed by atoms with Gasteiger partial charge in [-0.3, -0.25) is 4.98 Å². The molecule has 1 N–H and O–H groups in total.